The quantitative estimate of drug-likeness (QED) is 0.878. The van der Waals surface area contributed by atoms with Gasteiger partial charge < -0.3 is 9.73 Å². The zero-order valence-electron chi connectivity index (χ0n) is 10.2. The van der Waals surface area contributed by atoms with Crippen molar-refractivity contribution in [2.45, 2.75) is 32.2 Å². The van der Waals surface area contributed by atoms with E-state index in [2.05, 4.69) is 12.2 Å². The molecule has 0 atom stereocenters. The Morgan fingerprint density at radius 3 is 2.78 bits per heavy atom. The molecule has 1 aliphatic rings. The average molecular weight is 284 g/mol. The van der Waals surface area contributed by atoms with Gasteiger partial charge in [0.15, 0.2) is 5.58 Å². The minimum absolute atomic E-state index is 0.527. The summed E-state index contributed by atoms with van der Waals surface area (Å²) in [6.45, 7) is 3.77. The van der Waals surface area contributed by atoms with Crippen molar-refractivity contribution in [1.29, 1.82) is 0 Å². The fourth-order valence-electron chi connectivity index (χ4n) is 2.36. The maximum absolute atomic E-state index is 6.22. The van der Waals surface area contributed by atoms with Crippen molar-refractivity contribution in [2.75, 3.05) is 6.54 Å². The van der Waals surface area contributed by atoms with Gasteiger partial charge >= 0.3 is 0 Å². The van der Waals surface area contributed by atoms with E-state index in [9.17, 15) is 0 Å². The molecular formula is C14H15Cl2NO. The molecule has 0 saturated heterocycles. The van der Waals surface area contributed by atoms with Gasteiger partial charge in [0.2, 0.25) is 0 Å². The minimum Gasteiger partial charge on any atom is -0.458 e. The molecule has 0 aliphatic heterocycles. The van der Waals surface area contributed by atoms with Crippen molar-refractivity contribution in [3.05, 3.63) is 33.5 Å². The molecule has 1 aromatic heterocycles. The molecule has 0 bridgehead atoms. The normalized spacial score (nSPS) is 15.5. The van der Waals surface area contributed by atoms with Crippen molar-refractivity contribution in [1.82, 2.24) is 5.32 Å². The Labute approximate surface area is 116 Å². The molecule has 3 rings (SSSR count). The van der Waals surface area contributed by atoms with Crippen LogP contribution in [0.1, 0.15) is 37.0 Å². The summed E-state index contributed by atoms with van der Waals surface area (Å²) in [6, 6.07) is 3.88. The summed E-state index contributed by atoms with van der Waals surface area (Å²) in [4.78, 5) is 0. The Bertz CT molecular complexity index is 587. The molecule has 1 saturated carbocycles. The highest BCUT2D eigenvalue weighted by molar-refractivity contribution is 6.44. The van der Waals surface area contributed by atoms with E-state index in [1.807, 2.05) is 12.1 Å². The molecule has 4 heteroatoms. The summed E-state index contributed by atoms with van der Waals surface area (Å²) in [5.74, 6) is 1.65. The van der Waals surface area contributed by atoms with Crippen LogP contribution in [-0.2, 0) is 6.54 Å². The Hall–Kier alpha value is -0.700. The van der Waals surface area contributed by atoms with Crippen LogP contribution in [0.15, 0.2) is 16.5 Å². The molecule has 1 fully saturated rings. The lowest BCUT2D eigenvalue weighted by Crippen LogP contribution is -2.12. The van der Waals surface area contributed by atoms with Crippen LogP contribution >= 0.6 is 23.2 Å². The van der Waals surface area contributed by atoms with Crippen LogP contribution in [0.25, 0.3) is 11.0 Å². The highest BCUT2D eigenvalue weighted by atomic mass is 35.5. The van der Waals surface area contributed by atoms with Crippen LogP contribution in [0.5, 0.6) is 0 Å². The molecule has 0 unspecified atom stereocenters. The molecule has 96 valence electrons. The van der Waals surface area contributed by atoms with Gasteiger partial charge in [-0.3, -0.25) is 0 Å². The van der Waals surface area contributed by atoms with Crippen molar-refractivity contribution in [3.63, 3.8) is 0 Å². The fraction of sp³-hybridized carbons (Fsp3) is 0.429. The predicted molar refractivity (Wildman–Crippen MR) is 75.6 cm³/mol. The Kier molecular flexibility index (Phi) is 3.27. The summed E-state index contributed by atoms with van der Waals surface area (Å²) in [7, 11) is 0. The van der Waals surface area contributed by atoms with Crippen LogP contribution in [0.2, 0.25) is 10.0 Å². The van der Waals surface area contributed by atoms with E-state index in [1.165, 1.54) is 18.4 Å². The second-order valence-corrected chi connectivity index (χ2v) is 5.52. The van der Waals surface area contributed by atoms with E-state index in [1.54, 1.807) is 0 Å². The van der Waals surface area contributed by atoms with Gasteiger partial charge in [-0.05, 0) is 37.4 Å². The van der Waals surface area contributed by atoms with Gasteiger partial charge in [-0.1, -0.05) is 30.1 Å². The Balaban J connectivity index is 2.15. The van der Waals surface area contributed by atoms with Crippen molar-refractivity contribution < 1.29 is 4.42 Å². The number of benzene rings is 1. The molecule has 2 aromatic rings. The van der Waals surface area contributed by atoms with E-state index < -0.39 is 0 Å². The first-order valence-corrected chi connectivity index (χ1v) is 7.08. The maximum Gasteiger partial charge on any atom is 0.154 e. The molecule has 1 aromatic carbocycles. The summed E-state index contributed by atoms with van der Waals surface area (Å²) >= 11 is 12.3. The van der Waals surface area contributed by atoms with E-state index in [-0.39, 0.29) is 0 Å². The summed E-state index contributed by atoms with van der Waals surface area (Å²) < 4.78 is 5.94. The molecule has 0 amide bonds. The number of fused-ring (bicyclic) bond motifs is 1. The fourth-order valence-corrected chi connectivity index (χ4v) is 2.71. The van der Waals surface area contributed by atoms with Gasteiger partial charge in [-0.15, -0.1) is 0 Å². The summed E-state index contributed by atoms with van der Waals surface area (Å²) in [5.41, 5.74) is 2.06. The lowest BCUT2D eigenvalue weighted by Gasteiger charge is -2.01. The highest BCUT2D eigenvalue weighted by Crippen LogP contribution is 2.48. The lowest BCUT2D eigenvalue weighted by molar-refractivity contribution is 0.514. The standard InChI is InChI=1S/C14H15Cl2NO/c1-2-17-7-11-12(8-3-4-8)9-5-6-10(15)13(16)14(9)18-11/h5-6,8,17H,2-4,7H2,1H3. The van der Waals surface area contributed by atoms with Crippen LogP contribution in [0, 0.1) is 0 Å². The molecule has 0 radical (unpaired) electrons. The van der Waals surface area contributed by atoms with Crippen LogP contribution in [0.4, 0.5) is 0 Å². The number of rotatable bonds is 4. The van der Waals surface area contributed by atoms with Gasteiger partial charge in [0.05, 0.1) is 11.6 Å². The molecule has 1 heterocycles. The van der Waals surface area contributed by atoms with E-state index in [4.69, 9.17) is 27.6 Å². The third kappa shape index (κ3) is 2.03. The average Bonchev–Trinajstić information content (AvgIpc) is 3.13. The van der Waals surface area contributed by atoms with Crippen molar-refractivity contribution in [3.8, 4) is 0 Å². The number of hydrogen-bond donors (Lipinski definition) is 1. The molecule has 18 heavy (non-hydrogen) atoms. The molecule has 2 nitrogen and oxygen atoms in total. The maximum atomic E-state index is 6.22. The third-order valence-electron chi connectivity index (χ3n) is 3.39. The summed E-state index contributed by atoms with van der Waals surface area (Å²) in [6.07, 6.45) is 2.49. The van der Waals surface area contributed by atoms with Crippen molar-refractivity contribution >= 4 is 34.2 Å². The number of furan rings is 1. The van der Waals surface area contributed by atoms with Crippen LogP contribution in [0.3, 0.4) is 0 Å². The van der Waals surface area contributed by atoms with Crippen LogP contribution in [-0.4, -0.2) is 6.54 Å². The first kappa shape index (κ1) is 12.3. The molecule has 1 N–H and O–H groups in total. The summed E-state index contributed by atoms with van der Waals surface area (Å²) in [5, 5.41) is 5.52. The Morgan fingerprint density at radius 1 is 1.33 bits per heavy atom. The molecule has 1 aliphatic carbocycles. The second kappa shape index (κ2) is 4.76. The van der Waals surface area contributed by atoms with E-state index in [0.717, 1.165) is 29.8 Å². The SMILES string of the molecule is CCNCc1oc2c(Cl)c(Cl)ccc2c1C1CC1. The smallest absolute Gasteiger partial charge is 0.154 e. The monoisotopic (exact) mass is 283 g/mol. The second-order valence-electron chi connectivity index (χ2n) is 4.73. The van der Waals surface area contributed by atoms with Gasteiger partial charge in [0, 0.05) is 10.9 Å². The number of halogens is 2. The predicted octanol–water partition coefficient (Wildman–Crippen LogP) is 4.73. The van der Waals surface area contributed by atoms with Crippen molar-refractivity contribution in [2.24, 2.45) is 0 Å². The number of nitrogens with one attached hydrogen (secondary N) is 1. The van der Waals surface area contributed by atoms with Crippen LogP contribution < -0.4 is 5.32 Å². The highest BCUT2D eigenvalue weighted by Gasteiger charge is 2.31. The zero-order chi connectivity index (χ0) is 12.7. The molecule has 0 spiro atoms. The topological polar surface area (TPSA) is 25.2 Å². The van der Waals surface area contributed by atoms with Gasteiger partial charge in [-0.2, -0.15) is 0 Å². The Morgan fingerprint density at radius 2 is 2.11 bits per heavy atom. The van der Waals surface area contributed by atoms with Gasteiger partial charge in [0.1, 0.15) is 10.8 Å². The number of hydrogen-bond acceptors (Lipinski definition) is 2. The first-order valence-electron chi connectivity index (χ1n) is 6.32. The van der Waals surface area contributed by atoms with E-state index >= 15 is 0 Å². The van der Waals surface area contributed by atoms with Gasteiger partial charge in [-0.25, -0.2) is 0 Å². The lowest BCUT2D eigenvalue weighted by atomic mass is 10.1. The van der Waals surface area contributed by atoms with E-state index in [0.29, 0.717) is 16.0 Å². The van der Waals surface area contributed by atoms with Gasteiger partial charge in [0.25, 0.3) is 0 Å². The zero-order valence-corrected chi connectivity index (χ0v) is 11.7. The minimum atomic E-state index is 0.527. The molecular weight excluding hydrogens is 269 g/mol. The first-order chi connectivity index (χ1) is 8.72. The largest absolute Gasteiger partial charge is 0.458 e. The third-order valence-corrected chi connectivity index (χ3v) is 4.17.